The molecule has 2 amide bonds. The van der Waals surface area contributed by atoms with Gasteiger partial charge in [0, 0.05) is 18.9 Å². The van der Waals surface area contributed by atoms with E-state index in [2.05, 4.69) is 22.8 Å². The number of hydrogen-bond acceptors (Lipinski definition) is 5. The number of hydrogen-bond donors (Lipinski definition) is 4. The van der Waals surface area contributed by atoms with Crippen molar-refractivity contribution in [3.05, 3.63) is 59.7 Å². The number of carbonyl (C=O) groups excluding carboxylic acids is 2. The summed E-state index contributed by atoms with van der Waals surface area (Å²) in [4.78, 5) is 37.1. The van der Waals surface area contributed by atoms with Gasteiger partial charge in [0.15, 0.2) is 0 Å². The molecule has 1 fully saturated rings. The molecule has 0 radical (unpaired) electrons. The van der Waals surface area contributed by atoms with Crippen LogP contribution in [-0.2, 0) is 14.3 Å². The van der Waals surface area contributed by atoms with Crippen LogP contribution in [0.4, 0.5) is 4.79 Å². The van der Waals surface area contributed by atoms with E-state index in [1.807, 2.05) is 36.4 Å². The van der Waals surface area contributed by atoms with Crippen LogP contribution in [0, 0.1) is 0 Å². The number of amides is 2. The number of ether oxygens (including phenoxy) is 1. The van der Waals surface area contributed by atoms with Crippen LogP contribution >= 0.6 is 0 Å². The summed E-state index contributed by atoms with van der Waals surface area (Å²) >= 11 is 0. The minimum Gasteiger partial charge on any atom is -0.480 e. The van der Waals surface area contributed by atoms with Gasteiger partial charge in [0.1, 0.15) is 18.2 Å². The van der Waals surface area contributed by atoms with E-state index in [-0.39, 0.29) is 25.6 Å². The summed E-state index contributed by atoms with van der Waals surface area (Å²) in [6.07, 6.45) is 1.44. The van der Waals surface area contributed by atoms with Gasteiger partial charge in [-0.3, -0.25) is 4.79 Å². The number of aliphatic hydroxyl groups is 1. The number of benzene rings is 2. The van der Waals surface area contributed by atoms with Gasteiger partial charge in [0.25, 0.3) is 0 Å². The number of nitrogens with one attached hydrogen (secondary N) is 2. The first kappa shape index (κ1) is 22.8. The summed E-state index contributed by atoms with van der Waals surface area (Å²) in [6.45, 7) is -0.246. The third kappa shape index (κ3) is 4.57. The number of aliphatic carboxylic acids is 1. The van der Waals surface area contributed by atoms with Gasteiger partial charge in [-0.05, 0) is 35.1 Å². The van der Waals surface area contributed by atoms with Crippen LogP contribution in [0.3, 0.4) is 0 Å². The zero-order valence-corrected chi connectivity index (χ0v) is 18.3. The third-order valence-corrected chi connectivity index (χ3v) is 6.60. The van der Waals surface area contributed by atoms with Crippen molar-refractivity contribution in [1.29, 1.82) is 0 Å². The number of carboxylic acids is 1. The first-order chi connectivity index (χ1) is 15.9. The lowest BCUT2D eigenvalue weighted by molar-refractivity contribution is -0.143. The van der Waals surface area contributed by atoms with Crippen molar-refractivity contribution in [2.24, 2.45) is 0 Å². The monoisotopic (exact) mass is 452 g/mol. The van der Waals surface area contributed by atoms with E-state index in [0.717, 1.165) is 35.1 Å². The number of alkyl carbamates (subject to hydrolysis) is 1. The minimum absolute atomic E-state index is 0.0996. The zero-order valence-electron chi connectivity index (χ0n) is 18.3. The second kappa shape index (κ2) is 9.62. The Kier molecular flexibility index (Phi) is 6.65. The van der Waals surface area contributed by atoms with E-state index >= 15 is 0 Å². The molecular formula is C25H28N2O6. The highest BCUT2D eigenvalue weighted by atomic mass is 16.5. The lowest BCUT2D eigenvalue weighted by Gasteiger charge is -2.30. The fourth-order valence-electron chi connectivity index (χ4n) is 4.90. The highest BCUT2D eigenvalue weighted by Crippen LogP contribution is 2.44. The standard InChI is InChI=1S/C25H28N2O6/c28-14-11-21(22(29)30)26-23(31)25(12-5-6-13-25)27-24(32)33-15-20-18-9-3-1-7-16(18)17-8-2-4-10-19(17)20/h1-4,7-10,20-21,28H,5-6,11-15H2,(H,26,31)(H,27,32)(H,29,30)/t21-/m0/s1. The van der Waals surface area contributed by atoms with Gasteiger partial charge in [0.2, 0.25) is 5.91 Å². The normalized spacial score (nSPS) is 17.0. The lowest BCUT2D eigenvalue weighted by Crippen LogP contribution is -2.60. The van der Waals surface area contributed by atoms with Crippen molar-refractivity contribution in [3.63, 3.8) is 0 Å². The van der Waals surface area contributed by atoms with Crippen LogP contribution in [0.5, 0.6) is 0 Å². The maximum absolute atomic E-state index is 13.0. The first-order valence-corrected chi connectivity index (χ1v) is 11.2. The van der Waals surface area contributed by atoms with Crippen molar-refractivity contribution >= 4 is 18.0 Å². The molecule has 1 saturated carbocycles. The van der Waals surface area contributed by atoms with Crippen LogP contribution in [0.1, 0.15) is 49.1 Å². The van der Waals surface area contributed by atoms with Gasteiger partial charge in [-0.1, -0.05) is 61.4 Å². The summed E-state index contributed by atoms with van der Waals surface area (Å²) in [5.41, 5.74) is 3.21. The molecule has 0 saturated heterocycles. The van der Waals surface area contributed by atoms with Gasteiger partial charge in [-0.15, -0.1) is 0 Å². The van der Waals surface area contributed by atoms with E-state index < -0.39 is 29.6 Å². The predicted molar refractivity (Wildman–Crippen MR) is 121 cm³/mol. The quantitative estimate of drug-likeness (QED) is 0.488. The molecule has 4 rings (SSSR count). The molecule has 2 aromatic rings. The molecule has 0 unspecified atom stereocenters. The highest BCUT2D eigenvalue weighted by Gasteiger charge is 2.44. The first-order valence-electron chi connectivity index (χ1n) is 11.2. The number of aliphatic hydroxyl groups excluding tert-OH is 1. The molecule has 2 aliphatic carbocycles. The number of carbonyl (C=O) groups is 3. The molecule has 0 aliphatic heterocycles. The van der Waals surface area contributed by atoms with E-state index in [1.54, 1.807) is 0 Å². The molecule has 0 aromatic heterocycles. The molecule has 2 aromatic carbocycles. The fraction of sp³-hybridized carbons (Fsp3) is 0.400. The van der Waals surface area contributed by atoms with Crippen molar-refractivity contribution in [3.8, 4) is 11.1 Å². The van der Waals surface area contributed by atoms with Crippen LogP contribution in [-0.4, -0.2) is 53.0 Å². The minimum atomic E-state index is -1.23. The smallest absolute Gasteiger partial charge is 0.408 e. The summed E-state index contributed by atoms with van der Waals surface area (Å²) in [7, 11) is 0. The molecule has 0 spiro atoms. The van der Waals surface area contributed by atoms with Crippen molar-refractivity contribution < 1.29 is 29.3 Å². The Hall–Kier alpha value is -3.39. The largest absolute Gasteiger partial charge is 0.480 e. The van der Waals surface area contributed by atoms with Crippen molar-refractivity contribution in [2.45, 2.75) is 49.6 Å². The van der Waals surface area contributed by atoms with Gasteiger partial charge in [0.05, 0.1) is 0 Å². The molecule has 1 atom stereocenters. The molecule has 2 aliphatic rings. The second-order valence-electron chi connectivity index (χ2n) is 8.62. The molecule has 8 nitrogen and oxygen atoms in total. The van der Waals surface area contributed by atoms with Gasteiger partial charge in [-0.2, -0.15) is 0 Å². The number of carboxylic acid groups (broad SMARTS) is 1. The Bertz CT molecular complexity index is 1000. The Morgan fingerprint density at radius 3 is 2.12 bits per heavy atom. The molecule has 8 heteroatoms. The molecule has 33 heavy (non-hydrogen) atoms. The Labute approximate surface area is 192 Å². The van der Waals surface area contributed by atoms with Gasteiger partial charge in [-0.25, -0.2) is 9.59 Å². The van der Waals surface area contributed by atoms with Crippen LogP contribution in [0.15, 0.2) is 48.5 Å². The fourth-order valence-corrected chi connectivity index (χ4v) is 4.90. The predicted octanol–water partition coefficient (Wildman–Crippen LogP) is 2.79. The van der Waals surface area contributed by atoms with Crippen molar-refractivity contribution in [1.82, 2.24) is 10.6 Å². The maximum atomic E-state index is 13.0. The Morgan fingerprint density at radius 1 is 1.00 bits per heavy atom. The molecule has 0 bridgehead atoms. The topological polar surface area (TPSA) is 125 Å². The average Bonchev–Trinajstić information content (AvgIpc) is 3.41. The zero-order chi connectivity index (χ0) is 23.4. The molecule has 0 heterocycles. The molecule has 4 N–H and O–H groups in total. The van der Waals surface area contributed by atoms with Gasteiger partial charge < -0.3 is 25.6 Å². The van der Waals surface area contributed by atoms with Gasteiger partial charge >= 0.3 is 12.1 Å². The van der Waals surface area contributed by atoms with Crippen LogP contribution < -0.4 is 10.6 Å². The summed E-state index contributed by atoms with van der Waals surface area (Å²) in [5.74, 6) is -1.89. The summed E-state index contributed by atoms with van der Waals surface area (Å²) < 4.78 is 5.59. The SMILES string of the molecule is O=C(NC1(C(=O)N[C@@H](CCO)C(=O)O)CCCC1)OCC1c2ccccc2-c2ccccc21. The van der Waals surface area contributed by atoms with Crippen molar-refractivity contribution in [2.75, 3.05) is 13.2 Å². The number of rotatable bonds is 8. The van der Waals surface area contributed by atoms with E-state index in [9.17, 15) is 19.5 Å². The second-order valence-corrected chi connectivity index (χ2v) is 8.62. The maximum Gasteiger partial charge on any atom is 0.408 e. The third-order valence-electron chi connectivity index (χ3n) is 6.60. The average molecular weight is 453 g/mol. The van der Waals surface area contributed by atoms with Crippen LogP contribution in [0.2, 0.25) is 0 Å². The Balaban J connectivity index is 1.44. The number of fused-ring (bicyclic) bond motifs is 3. The van der Waals surface area contributed by atoms with E-state index in [1.165, 1.54) is 0 Å². The molecular weight excluding hydrogens is 424 g/mol. The lowest BCUT2D eigenvalue weighted by atomic mass is 9.95. The molecule has 174 valence electrons. The van der Waals surface area contributed by atoms with E-state index in [0.29, 0.717) is 12.8 Å². The Morgan fingerprint density at radius 2 is 1.58 bits per heavy atom. The van der Waals surface area contributed by atoms with Crippen LogP contribution in [0.25, 0.3) is 11.1 Å². The highest BCUT2D eigenvalue weighted by molar-refractivity contribution is 5.93. The van der Waals surface area contributed by atoms with E-state index in [4.69, 9.17) is 9.84 Å². The summed E-state index contributed by atoms with van der Waals surface area (Å²) in [6, 6.07) is 14.8. The summed E-state index contributed by atoms with van der Waals surface area (Å²) in [5, 5.41) is 23.6.